The van der Waals surface area contributed by atoms with E-state index in [1.54, 1.807) is 25.3 Å². The molecule has 0 atom stereocenters. The number of hydrogen-bond acceptors (Lipinski definition) is 4. The fraction of sp³-hybridized carbons (Fsp3) is 0.350. The van der Waals surface area contributed by atoms with Crippen LogP contribution in [0.5, 0.6) is 11.5 Å². The molecule has 0 spiro atoms. The summed E-state index contributed by atoms with van der Waals surface area (Å²) in [5.74, 6) is 1.34. The second kappa shape index (κ2) is 9.69. The first kappa shape index (κ1) is 18.8. The molecule has 1 N–H and O–H groups in total. The summed E-state index contributed by atoms with van der Waals surface area (Å²) in [7, 11) is 1.60. The van der Waals surface area contributed by atoms with Gasteiger partial charge in [0.1, 0.15) is 24.7 Å². The molecule has 0 aliphatic rings. The lowest BCUT2D eigenvalue weighted by atomic mass is 10.1. The molecule has 2 rings (SSSR count). The maximum Gasteiger partial charge on any atom is 0.251 e. The maximum absolute atomic E-state index is 12.0. The highest BCUT2D eigenvalue weighted by atomic mass is 16.5. The number of aryl methyl sites for hydroxylation is 2. The summed E-state index contributed by atoms with van der Waals surface area (Å²) in [6, 6.07) is 13.2. The summed E-state index contributed by atoms with van der Waals surface area (Å²) in [6.45, 7) is 5.88. The monoisotopic (exact) mass is 343 g/mol. The van der Waals surface area contributed by atoms with Gasteiger partial charge in [0.05, 0.1) is 6.61 Å². The predicted octanol–water partition coefficient (Wildman–Crippen LogP) is 3.14. The van der Waals surface area contributed by atoms with Gasteiger partial charge in [-0.2, -0.15) is 0 Å². The van der Waals surface area contributed by atoms with Gasteiger partial charge < -0.3 is 19.5 Å². The van der Waals surface area contributed by atoms with E-state index < -0.39 is 0 Å². The van der Waals surface area contributed by atoms with Gasteiger partial charge in [0.15, 0.2) is 0 Å². The summed E-state index contributed by atoms with van der Waals surface area (Å²) < 4.78 is 16.3. The van der Waals surface area contributed by atoms with E-state index in [0.29, 0.717) is 37.7 Å². The Morgan fingerprint density at radius 3 is 2.28 bits per heavy atom. The van der Waals surface area contributed by atoms with Gasteiger partial charge in [-0.05, 0) is 55.3 Å². The van der Waals surface area contributed by atoms with Crippen LogP contribution in [0.4, 0.5) is 0 Å². The number of benzene rings is 2. The van der Waals surface area contributed by atoms with E-state index in [9.17, 15) is 4.79 Å². The van der Waals surface area contributed by atoms with E-state index in [4.69, 9.17) is 14.2 Å². The number of nitrogens with one attached hydrogen (secondary N) is 1. The Hall–Kier alpha value is -2.53. The van der Waals surface area contributed by atoms with Gasteiger partial charge in [-0.15, -0.1) is 0 Å². The highest BCUT2D eigenvalue weighted by Crippen LogP contribution is 2.17. The lowest BCUT2D eigenvalue weighted by Crippen LogP contribution is -2.26. The number of ether oxygens (including phenoxy) is 3. The standard InChI is InChI=1S/C20H25NO4/c1-15-11-16(2)13-19(12-15)25-10-9-24-18-6-4-5-17(14-18)20(22)21-7-8-23-3/h4-6,11-14H,7-10H2,1-3H3,(H,21,22). The number of amides is 1. The molecule has 0 aromatic heterocycles. The van der Waals surface area contributed by atoms with Crippen molar-refractivity contribution in [2.45, 2.75) is 13.8 Å². The van der Waals surface area contributed by atoms with Crippen molar-refractivity contribution < 1.29 is 19.0 Å². The predicted molar refractivity (Wildman–Crippen MR) is 97.6 cm³/mol. The lowest BCUT2D eigenvalue weighted by molar-refractivity contribution is 0.0936. The van der Waals surface area contributed by atoms with Crippen molar-refractivity contribution in [2.24, 2.45) is 0 Å². The van der Waals surface area contributed by atoms with Crippen LogP contribution in [0.15, 0.2) is 42.5 Å². The Morgan fingerprint density at radius 1 is 0.920 bits per heavy atom. The van der Waals surface area contributed by atoms with Crippen LogP contribution in [0.2, 0.25) is 0 Å². The van der Waals surface area contributed by atoms with Gasteiger partial charge in [0.2, 0.25) is 0 Å². The molecule has 0 fully saturated rings. The molecule has 0 aliphatic heterocycles. The Morgan fingerprint density at radius 2 is 1.60 bits per heavy atom. The Balaban J connectivity index is 1.80. The van der Waals surface area contributed by atoms with E-state index in [1.807, 2.05) is 32.0 Å². The van der Waals surface area contributed by atoms with Crippen LogP contribution in [0.1, 0.15) is 21.5 Å². The zero-order valence-electron chi connectivity index (χ0n) is 15.0. The third-order valence-corrected chi connectivity index (χ3v) is 3.50. The smallest absolute Gasteiger partial charge is 0.251 e. The lowest BCUT2D eigenvalue weighted by Gasteiger charge is -2.11. The third-order valence-electron chi connectivity index (χ3n) is 3.50. The van der Waals surface area contributed by atoms with E-state index in [0.717, 1.165) is 5.75 Å². The van der Waals surface area contributed by atoms with Crippen molar-refractivity contribution in [3.63, 3.8) is 0 Å². The minimum atomic E-state index is -0.144. The molecule has 5 nitrogen and oxygen atoms in total. The molecule has 2 aromatic carbocycles. The molecule has 0 unspecified atom stereocenters. The quantitative estimate of drug-likeness (QED) is 0.711. The van der Waals surface area contributed by atoms with Crippen molar-refractivity contribution in [3.8, 4) is 11.5 Å². The Bertz CT molecular complexity index is 680. The zero-order valence-corrected chi connectivity index (χ0v) is 15.0. The fourth-order valence-electron chi connectivity index (χ4n) is 2.43. The second-order valence-corrected chi connectivity index (χ2v) is 5.80. The van der Waals surface area contributed by atoms with Crippen molar-refractivity contribution in [1.29, 1.82) is 0 Å². The number of rotatable bonds is 9. The normalized spacial score (nSPS) is 10.4. The molecule has 25 heavy (non-hydrogen) atoms. The van der Waals surface area contributed by atoms with Crippen LogP contribution in [0.25, 0.3) is 0 Å². The summed E-state index contributed by atoms with van der Waals surface area (Å²) in [4.78, 5) is 12.0. The van der Waals surface area contributed by atoms with Crippen LogP contribution in [-0.2, 0) is 4.74 Å². The fourth-order valence-corrected chi connectivity index (χ4v) is 2.43. The van der Waals surface area contributed by atoms with Crippen molar-refractivity contribution >= 4 is 5.91 Å². The van der Waals surface area contributed by atoms with Crippen molar-refractivity contribution in [1.82, 2.24) is 5.32 Å². The molecule has 0 heterocycles. The van der Waals surface area contributed by atoms with Gasteiger partial charge >= 0.3 is 0 Å². The molecule has 0 radical (unpaired) electrons. The first-order chi connectivity index (χ1) is 12.1. The topological polar surface area (TPSA) is 56.8 Å². The molecule has 2 aromatic rings. The van der Waals surface area contributed by atoms with Crippen LogP contribution >= 0.6 is 0 Å². The van der Waals surface area contributed by atoms with Crippen LogP contribution in [0.3, 0.4) is 0 Å². The SMILES string of the molecule is COCCNC(=O)c1cccc(OCCOc2cc(C)cc(C)c2)c1. The molecule has 0 saturated heterocycles. The average molecular weight is 343 g/mol. The first-order valence-corrected chi connectivity index (χ1v) is 8.29. The first-order valence-electron chi connectivity index (χ1n) is 8.29. The van der Waals surface area contributed by atoms with Gasteiger partial charge in [0.25, 0.3) is 5.91 Å². The summed E-state index contributed by atoms with van der Waals surface area (Å²) >= 11 is 0. The van der Waals surface area contributed by atoms with Crippen LogP contribution in [0, 0.1) is 13.8 Å². The van der Waals surface area contributed by atoms with Crippen molar-refractivity contribution in [3.05, 3.63) is 59.2 Å². The molecule has 0 aliphatic carbocycles. The van der Waals surface area contributed by atoms with Gasteiger partial charge in [0, 0.05) is 19.2 Å². The van der Waals surface area contributed by atoms with Crippen molar-refractivity contribution in [2.75, 3.05) is 33.5 Å². The molecule has 5 heteroatoms. The van der Waals surface area contributed by atoms with Gasteiger partial charge in [-0.1, -0.05) is 12.1 Å². The highest BCUT2D eigenvalue weighted by Gasteiger charge is 2.06. The number of carbonyl (C=O) groups is 1. The molecule has 0 bridgehead atoms. The molecule has 1 amide bonds. The number of hydrogen-bond donors (Lipinski definition) is 1. The number of carbonyl (C=O) groups excluding carboxylic acids is 1. The molecular weight excluding hydrogens is 318 g/mol. The Labute approximate surface area is 148 Å². The van der Waals surface area contributed by atoms with E-state index in [-0.39, 0.29) is 5.91 Å². The molecular formula is C20H25NO4. The summed E-state index contributed by atoms with van der Waals surface area (Å²) in [5.41, 5.74) is 2.90. The zero-order chi connectivity index (χ0) is 18.1. The molecule has 134 valence electrons. The van der Waals surface area contributed by atoms with E-state index >= 15 is 0 Å². The maximum atomic E-state index is 12.0. The van der Waals surface area contributed by atoms with Gasteiger partial charge in [-0.3, -0.25) is 4.79 Å². The summed E-state index contributed by atoms with van der Waals surface area (Å²) in [6.07, 6.45) is 0. The van der Waals surface area contributed by atoms with Crippen LogP contribution in [-0.4, -0.2) is 39.4 Å². The number of methoxy groups -OCH3 is 1. The minimum absolute atomic E-state index is 0.144. The second-order valence-electron chi connectivity index (χ2n) is 5.80. The Kier molecular flexibility index (Phi) is 7.29. The average Bonchev–Trinajstić information content (AvgIpc) is 2.58. The largest absolute Gasteiger partial charge is 0.490 e. The molecule has 0 saturated carbocycles. The van der Waals surface area contributed by atoms with Crippen LogP contribution < -0.4 is 14.8 Å². The summed E-state index contributed by atoms with van der Waals surface area (Å²) in [5, 5.41) is 2.78. The third kappa shape index (κ3) is 6.47. The van der Waals surface area contributed by atoms with E-state index in [2.05, 4.69) is 11.4 Å². The van der Waals surface area contributed by atoms with E-state index in [1.165, 1.54) is 11.1 Å². The van der Waals surface area contributed by atoms with Gasteiger partial charge in [-0.25, -0.2) is 0 Å². The highest BCUT2D eigenvalue weighted by molar-refractivity contribution is 5.94. The minimum Gasteiger partial charge on any atom is -0.490 e.